The topological polar surface area (TPSA) is 12.0 Å². The highest BCUT2D eigenvalue weighted by atomic mass is 19.1. The number of benzene rings is 1. The molecule has 1 fully saturated rings. The molecular formula is C16H23F2N. The largest absolute Gasteiger partial charge is 0.313 e. The fourth-order valence-electron chi connectivity index (χ4n) is 3.45. The molecule has 1 aromatic carbocycles. The van der Waals surface area contributed by atoms with Gasteiger partial charge in [0.1, 0.15) is 11.6 Å². The summed E-state index contributed by atoms with van der Waals surface area (Å²) in [5, 5.41) is 3.20. The number of rotatable bonds is 3. The molecule has 2 unspecified atom stereocenters. The van der Waals surface area contributed by atoms with E-state index in [4.69, 9.17) is 0 Å². The van der Waals surface area contributed by atoms with E-state index in [0.717, 1.165) is 19.3 Å². The van der Waals surface area contributed by atoms with Crippen molar-refractivity contribution in [2.75, 3.05) is 7.05 Å². The van der Waals surface area contributed by atoms with Gasteiger partial charge in [0.25, 0.3) is 0 Å². The van der Waals surface area contributed by atoms with E-state index in [-0.39, 0.29) is 23.1 Å². The number of aryl methyl sites for hydroxylation is 1. The summed E-state index contributed by atoms with van der Waals surface area (Å²) in [7, 11) is 1.83. The van der Waals surface area contributed by atoms with E-state index in [0.29, 0.717) is 17.0 Å². The molecule has 1 saturated carbocycles. The number of nitrogens with one attached hydrogen (secondary N) is 1. The van der Waals surface area contributed by atoms with E-state index in [2.05, 4.69) is 19.2 Å². The third-order valence-electron chi connectivity index (χ3n) is 4.67. The molecule has 0 spiro atoms. The first-order valence-corrected chi connectivity index (χ1v) is 6.99. The lowest BCUT2D eigenvalue weighted by Crippen LogP contribution is -2.32. The molecule has 1 aliphatic rings. The van der Waals surface area contributed by atoms with Gasteiger partial charge in [-0.2, -0.15) is 0 Å². The molecule has 0 heterocycles. The van der Waals surface area contributed by atoms with Gasteiger partial charge in [0.05, 0.1) is 0 Å². The molecule has 2 rings (SSSR count). The van der Waals surface area contributed by atoms with Crippen molar-refractivity contribution in [2.45, 2.75) is 46.1 Å². The predicted octanol–water partition coefficient (Wildman–Crippen LogP) is 4.36. The van der Waals surface area contributed by atoms with Crippen molar-refractivity contribution >= 4 is 0 Å². The third-order valence-corrected chi connectivity index (χ3v) is 4.67. The van der Waals surface area contributed by atoms with Crippen LogP contribution in [0, 0.1) is 29.9 Å². The van der Waals surface area contributed by atoms with Gasteiger partial charge in [-0.3, -0.25) is 0 Å². The van der Waals surface area contributed by atoms with E-state index < -0.39 is 0 Å². The molecule has 1 nitrogen and oxygen atoms in total. The summed E-state index contributed by atoms with van der Waals surface area (Å²) in [5.41, 5.74) is 0.994. The summed E-state index contributed by atoms with van der Waals surface area (Å²) in [6.07, 6.45) is 3.37. The van der Waals surface area contributed by atoms with E-state index in [9.17, 15) is 8.78 Å². The van der Waals surface area contributed by atoms with Crippen LogP contribution in [0.3, 0.4) is 0 Å². The Labute approximate surface area is 114 Å². The lowest BCUT2D eigenvalue weighted by Gasteiger charge is -2.34. The van der Waals surface area contributed by atoms with Crippen molar-refractivity contribution in [3.63, 3.8) is 0 Å². The molecule has 1 aliphatic carbocycles. The molecule has 2 atom stereocenters. The van der Waals surface area contributed by atoms with Crippen molar-refractivity contribution in [2.24, 2.45) is 11.3 Å². The monoisotopic (exact) mass is 267 g/mol. The SMILES string of the molecule is CNC(c1cc(F)c(C)cc1F)C1CCCC1(C)C. The molecule has 1 aromatic rings. The molecule has 0 aromatic heterocycles. The van der Waals surface area contributed by atoms with Crippen LogP contribution in [0.5, 0.6) is 0 Å². The Morgan fingerprint density at radius 1 is 1.26 bits per heavy atom. The van der Waals surface area contributed by atoms with Gasteiger partial charge in [-0.25, -0.2) is 8.78 Å². The molecule has 19 heavy (non-hydrogen) atoms. The van der Waals surface area contributed by atoms with Crippen molar-refractivity contribution in [3.8, 4) is 0 Å². The molecule has 0 radical (unpaired) electrons. The van der Waals surface area contributed by atoms with E-state index >= 15 is 0 Å². The van der Waals surface area contributed by atoms with Gasteiger partial charge >= 0.3 is 0 Å². The van der Waals surface area contributed by atoms with Crippen LogP contribution in [-0.2, 0) is 0 Å². The Balaban J connectivity index is 2.40. The van der Waals surface area contributed by atoms with Gasteiger partial charge in [0, 0.05) is 11.6 Å². The smallest absolute Gasteiger partial charge is 0.128 e. The van der Waals surface area contributed by atoms with Gasteiger partial charge in [0.2, 0.25) is 0 Å². The Kier molecular flexibility index (Phi) is 3.95. The summed E-state index contributed by atoms with van der Waals surface area (Å²) in [4.78, 5) is 0. The molecule has 106 valence electrons. The average Bonchev–Trinajstić information content (AvgIpc) is 2.67. The standard InChI is InChI=1S/C16H23F2N/c1-10-8-14(18)11(9-13(10)17)15(19-4)12-6-5-7-16(12,2)3/h8-9,12,15,19H,5-7H2,1-4H3. The van der Waals surface area contributed by atoms with Crippen LogP contribution in [0.25, 0.3) is 0 Å². The van der Waals surface area contributed by atoms with Crippen LogP contribution in [0.4, 0.5) is 8.78 Å². The summed E-state index contributed by atoms with van der Waals surface area (Å²) in [5.74, 6) is -0.289. The highest BCUT2D eigenvalue weighted by Crippen LogP contribution is 2.49. The Morgan fingerprint density at radius 3 is 2.47 bits per heavy atom. The van der Waals surface area contributed by atoms with Gasteiger partial charge in [-0.05, 0) is 55.8 Å². The molecule has 1 N–H and O–H groups in total. The minimum Gasteiger partial charge on any atom is -0.313 e. The number of hydrogen-bond donors (Lipinski definition) is 1. The van der Waals surface area contributed by atoms with Crippen molar-refractivity contribution < 1.29 is 8.78 Å². The van der Waals surface area contributed by atoms with E-state index in [1.807, 2.05) is 7.05 Å². The van der Waals surface area contributed by atoms with Crippen LogP contribution in [0.1, 0.15) is 50.3 Å². The van der Waals surface area contributed by atoms with E-state index in [1.165, 1.54) is 12.1 Å². The zero-order chi connectivity index (χ0) is 14.2. The Morgan fingerprint density at radius 2 is 1.95 bits per heavy atom. The summed E-state index contributed by atoms with van der Waals surface area (Å²) in [6.45, 7) is 6.03. The van der Waals surface area contributed by atoms with Crippen LogP contribution >= 0.6 is 0 Å². The van der Waals surface area contributed by atoms with Crippen LogP contribution in [0.2, 0.25) is 0 Å². The minimum atomic E-state index is -0.326. The Hall–Kier alpha value is -0.960. The third kappa shape index (κ3) is 2.66. The normalized spacial score (nSPS) is 23.6. The maximum Gasteiger partial charge on any atom is 0.128 e. The second-order valence-corrected chi connectivity index (χ2v) is 6.38. The fraction of sp³-hybridized carbons (Fsp3) is 0.625. The van der Waals surface area contributed by atoms with E-state index in [1.54, 1.807) is 6.92 Å². The zero-order valence-corrected chi connectivity index (χ0v) is 12.2. The second kappa shape index (κ2) is 5.20. The van der Waals surface area contributed by atoms with Crippen LogP contribution < -0.4 is 5.32 Å². The van der Waals surface area contributed by atoms with Crippen molar-refractivity contribution in [1.82, 2.24) is 5.32 Å². The summed E-state index contributed by atoms with van der Waals surface area (Å²) < 4.78 is 27.9. The summed E-state index contributed by atoms with van der Waals surface area (Å²) >= 11 is 0. The first-order valence-electron chi connectivity index (χ1n) is 6.99. The second-order valence-electron chi connectivity index (χ2n) is 6.38. The maximum atomic E-state index is 14.2. The van der Waals surface area contributed by atoms with Gasteiger partial charge < -0.3 is 5.32 Å². The van der Waals surface area contributed by atoms with Gasteiger partial charge in [-0.1, -0.05) is 20.3 Å². The van der Waals surface area contributed by atoms with Crippen LogP contribution in [-0.4, -0.2) is 7.05 Å². The van der Waals surface area contributed by atoms with Crippen molar-refractivity contribution in [1.29, 1.82) is 0 Å². The molecule has 0 aliphatic heterocycles. The fourth-order valence-corrected chi connectivity index (χ4v) is 3.45. The molecule has 3 heteroatoms. The maximum absolute atomic E-state index is 14.2. The molecule has 0 saturated heterocycles. The minimum absolute atomic E-state index is 0.118. The average molecular weight is 267 g/mol. The first-order chi connectivity index (χ1) is 8.86. The highest BCUT2D eigenvalue weighted by molar-refractivity contribution is 5.28. The Bertz CT molecular complexity index is 468. The van der Waals surface area contributed by atoms with Crippen LogP contribution in [0.15, 0.2) is 12.1 Å². The predicted molar refractivity (Wildman–Crippen MR) is 74.0 cm³/mol. The number of hydrogen-bond acceptors (Lipinski definition) is 1. The quantitative estimate of drug-likeness (QED) is 0.858. The highest BCUT2D eigenvalue weighted by Gasteiger charge is 2.40. The first kappa shape index (κ1) is 14.4. The van der Waals surface area contributed by atoms with Crippen molar-refractivity contribution in [3.05, 3.63) is 34.9 Å². The van der Waals surface area contributed by atoms with Gasteiger partial charge in [-0.15, -0.1) is 0 Å². The summed E-state index contributed by atoms with van der Waals surface area (Å²) in [6, 6.07) is 2.55. The number of halogens is 2. The van der Waals surface area contributed by atoms with Gasteiger partial charge in [0.15, 0.2) is 0 Å². The lowest BCUT2D eigenvalue weighted by atomic mass is 9.75. The molecular weight excluding hydrogens is 244 g/mol. The zero-order valence-electron chi connectivity index (χ0n) is 12.2. The lowest BCUT2D eigenvalue weighted by molar-refractivity contribution is 0.200. The molecule has 0 bridgehead atoms. The molecule has 0 amide bonds.